The Balaban J connectivity index is 1.56. The second-order valence-electron chi connectivity index (χ2n) is 6.89. The molecule has 0 bridgehead atoms. The number of fused-ring (bicyclic) bond motifs is 1. The fourth-order valence-electron chi connectivity index (χ4n) is 3.81. The summed E-state index contributed by atoms with van der Waals surface area (Å²) in [6, 6.07) is 7.77. The molecule has 0 spiro atoms. The molecule has 0 aliphatic carbocycles. The van der Waals surface area contributed by atoms with Gasteiger partial charge in [0.25, 0.3) is 5.91 Å². The average molecular weight is 388 g/mol. The minimum absolute atomic E-state index is 0.0602. The van der Waals surface area contributed by atoms with Gasteiger partial charge in [-0.15, -0.1) is 11.3 Å². The molecule has 0 atom stereocenters. The van der Waals surface area contributed by atoms with Gasteiger partial charge >= 0.3 is 0 Å². The number of rotatable bonds is 4. The van der Waals surface area contributed by atoms with Gasteiger partial charge in [0, 0.05) is 23.2 Å². The van der Waals surface area contributed by atoms with E-state index >= 15 is 0 Å². The first-order valence-corrected chi connectivity index (χ1v) is 10.7. The quantitative estimate of drug-likeness (QED) is 0.869. The molecular formula is C19H21N3O2S2. The number of nitrogens with one attached hydrogen (secondary N) is 1. The highest BCUT2D eigenvalue weighted by Crippen LogP contribution is 2.40. The minimum Gasteiger partial charge on any atom is -0.328 e. The van der Waals surface area contributed by atoms with Crippen molar-refractivity contribution in [1.82, 2.24) is 9.88 Å². The van der Waals surface area contributed by atoms with E-state index in [0.29, 0.717) is 18.1 Å². The van der Waals surface area contributed by atoms with Crippen molar-refractivity contribution in [2.45, 2.75) is 38.3 Å². The first-order valence-electron chi connectivity index (χ1n) is 8.77. The number of thiazole rings is 1. The van der Waals surface area contributed by atoms with E-state index in [2.05, 4.69) is 10.3 Å². The lowest BCUT2D eigenvalue weighted by molar-refractivity contribution is -0.119. The summed E-state index contributed by atoms with van der Waals surface area (Å²) in [5.74, 6) is 1.95. The third-order valence-electron chi connectivity index (χ3n) is 5.17. The Morgan fingerprint density at radius 1 is 1.31 bits per heavy atom. The normalized spacial score (nSPS) is 18.7. The van der Waals surface area contributed by atoms with Gasteiger partial charge in [0.1, 0.15) is 0 Å². The smallest absolute Gasteiger partial charge is 0.254 e. The molecule has 0 radical (unpaired) electrons. The number of hydrogen-bond acceptors (Lipinski definition) is 5. The monoisotopic (exact) mass is 387 g/mol. The van der Waals surface area contributed by atoms with E-state index < -0.39 is 5.54 Å². The van der Waals surface area contributed by atoms with E-state index in [1.807, 2.05) is 47.9 Å². The van der Waals surface area contributed by atoms with Crippen LogP contribution in [0.25, 0.3) is 0 Å². The minimum atomic E-state index is -0.405. The molecule has 2 aromatic rings. The van der Waals surface area contributed by atoms with Gasteiger partial charge in [0.15, 0.2) is 5.13 Å². The van der Waals surface area contributed by atoms with Crippen LogP contribution in [0.15, 0.2) is 30.5 Å². The second kappa shape index (κ2) is 7.04. The molecule has 1 N–H and O–H groups in total. The van der Waals surface area contributed by atoms with E-state index in [4.69, 9.17) is 0 Å². The zero-order valence-corrected chi connectivity index (χ0v) is 16.3. The predicted molar refractivity (Wildman–Crippen MR) is 106 cm³/mol. The molecule has 2 amide bonds. The summed E-state index contributed by atoms with van der Waals surface area (Å²) in [5.41, 5.74) is 1.43. The molecule has 4 rings (SSSR count). The van der Waals surface area contributed by atoms with Gasteiger partial charge in [-0.2, -0.15) is 11.8 Å². The number of amides is 2. The van der Waals surface area contributed by atoms with Gasteiger partial charge in [0.2, 0.25) is 5.91 Å². The van der Waals surface area contributed by atoms with Crippen molar-refractivity contribution in [3.05, 3.63) is 46.5 Å². The van der Waals surface area contributed by atoms with Gasteiger partial charge in [-0.05, 0) is 42.9 Å². The zero-order chi connectivity index (χ0) is 18.1. The molecular weight excluding hydrogens is 366 g/mol. The number of benzene rings is 1. The van der Waals surface area contributed by atoms with Crippen molar-refractivity contribution < 1.29 is 9.59 Å². The number of nitrogens with zero attached hydrogens (tertiary/aromatic N) is 2. The van der Waals surface area contributed by atoms with Crippen LogP contribution in [0.1, 0.15) is 40.1 Å². The van der Waals surface area contributed by atoms with Gasteiger partial charge < -0.3 is 10.2 Å². The topological polar surface area (TPSA) is 62.3 Å². The molecule has 2 aliphatic rings. The van der Waals surface area contributed by atoms with Crippen molar-refractivity contribution in [3.8, 4) is 0 Å². The number of aryl methyl sites for hydroxylation is 1. The van der Waals surface area contributed by atoms with Crippen LogP contribution in [-0.2, 0) is 11.3 Å². The Morgan fingerprint density at radius 2 is 2.08 bits per heavy atom. The van der Waals surface area contributed by atoms with Crippen molar-refractivity contribution in [2.75, 3.05) is 16.8 Å². The van der Waals surface area contributed by atoms with Crippen LogP contribution in [0.2, 0.25) is 0 Å². The first-order chi connectivity index (χ1) is 12.6. The molecule has 2 aliphatic heterocycles. The molecule has 1 fully saturated rings. The summed E-state index contributed by atoms with van der Waals surface area (Å²) in [6.45, 7) is 2.57. The van der Waals surface area contributed by atoms with Crippen LogP contribution < -0.4 is 5.32 Å². The number of hydrogen-bond donors (Lipinski definition) is 1. The lowest BCUT2D eigenvalue weighted by Crippen LogP contribution is -2.53. The summed E-state index contributed by atoms with van der Waals surface area (Å²) in [5, 5.41) is 3.55. The maximum atomic E-state index is 13.0. The molecule has 3 heterocycles. The van der Waals surface area contributed by atoms with E-state index in [-0.39, 0.29) is 11.8 Å². The Kier molecular flexibility index (Phi) is 4.75. The highest BCUT2D eigenvalue weighted by atomic mass is 32.2. The fourth-order valence-corrected chi connectivity index (χ4v) is 5.74. The summed E-state index contributed by atoms with van der Waals surface area (Å²) in [6.07, 6.45) is 3.78. The molecule has 1 aromatic heterocycles. The largest absolute Gasteiger partial charge is 0.328 e. The maximum absolute atomic E-state index is 13.0. The zero-order valence-electron chi connectivity index (χ0n) is 14.7. The van der Waals surface area contributed by atoms with Crippen LogP contribution in [0.3, 0.4) is 0 Å². The number of anilines is 1. The number of aromatic nitrogens is 1. The molecule has 136 valence electrons. The van der Waals surface area contributed by atoms with Crippen molar-refractivity contribution in [1.29, 1.82) is 0 Å². The van der Waals surface area contributed by atoms with E-state index in [1.165, 1.54) is 11.3 Å². The van der Waals surface area contributed by atoms with Crippen molar-refractivity contribution in [2.24, 2.45) is 0 Å². The Hall–Kier alpha value is -1.86. The molecule has 26 heavy (non-hydrogen) atoms. The maximum Gasteiger partial charge on any atom is 0.254 e. The lowest BCUT2D eigenvalue weighted by atomic mass is 9.86. The van der Waals surface area contributed by atoms with Crippen LogP contribution >= 0.6 is 23.1 Å². The lowest BCUT2D eigenvalue weighted by Gasteiger charge is -2.44. The van der Waals surface area contributed by atoms with E-state index in [0.717, 1.165) is 40.4 Å². The summed E-state index contributed by atoms with van der Waals surface area (Å²) >= 11 is 3.37. The average Bonchev–Trinajstić information content (AvgIpc) is 3.19. The second-order valence-corrected chi connectivity index (χ2v) is 9.35. The Bertz CT molecular complexity index is 843. The number of thioether (sulfide) groups is 1. The third-order valence-corrected chi connectivity index (χ3v) is 6.99. The molecule has 1 saturated heterocycles. The Labute approximate surface area is 161 Å². The van der Waals surface area contributed by atoms with E-state index in [9.17, 15) is 9.59 Å². The molecule has 1 aromatic carbocycles. The number of carbonyl (C=O) groups is 2. The van der Waals surface area contributed by atoms with Crippen molar-refractivity contribution >= 4 is 40.0 Å². The van der Waals surface area contributed by atoms with Crippen LogP contribution in [-0.4, -0.2) is 38.7 Å². The molecule has 7 heteroatoms. The van der Waals surface area contributed by atoms with Crippen molar-refractivity contribution in [3.63, 3.8) is 0 Å². The summed E-state index contributed by atoms with van der Waals surface area (Å²) in [4.78, 5) is 33.0. The van der Waals surface area contributed by atoms with Gasteiger partial charge in [0.05, 0.1) is 12.0 Å². The molecule has 0 saturated carbocycles. The highest BCUT2D eigenvalue weighted by Gasteiger charge is 2.45. The van der Waals surface area contributed by atoms with Crippen LogP contribution in [0.5, 0.6) is 0 Å². The third kappa shape index (κ3) is 3.25. The SMILES string of the molecule is Cc1cnc(NC(=O)CC2(N3Cc4ccccc4C3=O)CCSCC2)s1. The van der Waals surface area contributed by atoms with Gasteiger partial charge in [-0.1, -0.05) is 18.2 Å². The Morgan fingerprint density at radius 3 is 2.77 bits per heavy atom. The first kappa shape index (κ1) is 17.5. The summed E-state index contributed by atoms with van der Waals surface area (Å²) in [7, 11) is 0. The summed E-state index contributed by atoms with van der Waals surface area (Å²) < 4.78 is 0. The standard InChI is InChI=1S/C19H21N3O2S2/c1-13-11-20-18(26-13)21-16(23)10-19(6-8-25-9-7-19)22-12-14-4-2-3-5-15(14)17(22)24/h2-5,11H,6-10,12H2,1H3,(H,20,21,23). The van der Waals surface area contributed by atoms with E-state index in [1.54, 1.807) is 6.20 Å². The van der Waals surface area contributed by atoms with Crippen LogP contribution in [0, 0.1) is 6.92 Å². The predicted octanol–water partition coefficient (Wildman–Crippen LogP) is 3.70. The van der Waals surface area contributed by atoms with Gasteiger partial charge in [-0.3, -0.25) is 9.59 Å². The van der Waals surface area contributed by atoms with Crippen LogP contribution in [0.4, 0.5) is 5.13 Å². The fraction of sp³-hybridized carbons (Fsp3) is 0.421. The molecule has 5 nitrogen and oxygen atoms in total. The molecule has 0 unspecified atom stereocenters. The van der Waals surface area contributed by atoms with Gasteiger partial charge in [-0.25, -0.2) is 4.98 Å². The number of carbonyl (C=O) groups excluding carboxylic acids is 2. The highest BCUT2D eigenvalue weighted by molar-refractivity contribution is 7.99.